The minimum absolute atomic E-state index is 0. The Hall–Kier alpha value is -1.11. The zero-order valence-corrected chi connectivity index (χ0v) is 14.5. The Morgan fingerprint density at radius 2 is 2.05 bits per heavy atom. The average Bonchev–Trinajstić information content (AvgIpc) is 3.14. The maximum atomic E-state index is 12.4. The van der Waals surface area contributed by atoms with Gasteiger partial charge in [0.1, 0.15) is 6.04 Å². The molecular formula is C15H24ClN3O2S. The summed E-state index contributed by atoms with van der Waals surface area (Å²) in [6, 6.07) is 3.06. The van der Waals surface area contributed by atoms with Crippen molar-refractivity contribution in [3.05, 3.63) is 22.4 Å². The van der Waals surface area contributed by atoms with Crippen LogP contribution in [-0.2, 0) is 4.79 Å². The van der Waals surface area contributed by atoms with Crippen molar-refractivity contribution in [1.29, 1.82) is 0 Å². The molecule has 0 radical (unpaired) electrons. The summed E-state index contributed by atoms with van der Waals surface area (Å²) in [7, 11) is 0. The van der Waals surface area contributed by atoms with Gasteiger partial charge in [0.2, 0.25) is 5.91 Å². The summed E-state index contributed by atoms with van der Waals surface area (Å²) in [6.45, 7) is 4.29. The number of hydrogen-bond acceptors (Lipinski definition) is 4. The molecule has 5 nitrogen and oxygen atoms in total. The Labute approximate surface area is 141 Å². The van der Waals surface area contributed by atoms with Crippen LogP contribution in [0, 0.1) is 11.8 Å². The summed E-state index contributed by atoms with van der Waals surface area (Å²) in [5.41, 5.74) is 5.72. The van der Waals surface area contributed by atoms with Gasteiger partial charge in [-0.1, -0.05) is 19.9 Å². The number of carbonyl (C=O) groups excluding carboxylic acids is 2. The van der Waals surface area contributed by atoms with Crippen LogP contribution in [0.5, 0.6) is 0 Å². The van der Waals surface area contributed by atoms with E-state index in [1.807, 2.05) is 25.3 Å². The van der Waals surface area contributed by atoms with Crippen molar-refractivity contribution < 1.29 is 9.59 Å². The molecule has 0 saturated heterocycles. The van der Waals surface area contributed by atoms with Crippen LogP contribution in [-0.4, -0.2) is 30.4 Å². The second-order valence-corrected chi connectivity index (χ2v) is 6.81. The summed E-state index contributed by atoms with van der Waals surface area (Å²) in [5, 5.41) is 7.66. The van der Waals surface area contributed by atoms with Gasteiger partial charge in [0.05, 0.1) is 4.88 Å². The molecule has 1 saturated carbocycles. The van der Waals surface area contributed by atoms with Crippen LogP contribution >= 0.6 is 23.7 Å². The monoisotopic (exact) mass is 345 g/mol. The van der Waals surface area contributed by atoms with E-state index >= 15 is 0 Å². The lowest BCUT2D eigenvalue weighted by Crippen LogP contribution is -2.53. The lowest BCUT2D eigenvalue weighted by Gasteiger charge is -2.24. The third-order valence-corrected chi connectivity index (χ3v) is 4.62. The zero-order chi connectivity index (χ0) is 15.4. The van der Waals surface area contributed by atoms with E-state index in [0.717, 1.165) is 12.8 Å². The molecule has 2 unspecified atom stereocenters. The Morgan fingerprint density at radius 1 is 1.36 bits per heavy atom. The normalized spacial score (nSPS) is 16.5. The van der Waals surface area contributed by atoms with Crippen molar-refractivity contribution in [3.63, 3.8) is 0 Å². The van der Waals surface area contributed by atoms with Crippen molar-refractivity contribution >= 4 is 35.6 Å². The number of thiophene rings is 1. The van der Waals surface area contributed by atoms with E-state index in [-0.39, 0.29) is 36.2 Å². The average molecular weight is 346 g/mol. The van der Waals surface area contributed by atoms with Gasteiger partial charge < -0.3 is 16.4 Å². The van der Waals surface area contributed by atoms with E-state index in [4.69, 9.17) is 5.73 Å². The smallest absolute Gasteiger partial charge is 0.262 e. The van der Waals surface area contributed by atoms with E-state index in [2.05, 4.69) is 10.6 Å². The second kappa shape index (κ2) is 8.50. The van der Waals surface area contributed by atoms with Crippen LogP contribution in [0.15, 0.2) is 17.5 Å². The van der Waals surface area contributed by atoms with E-state index < -0.39 is 6.04 Å². The summed E-state index contributed by atoms with van der Waals surface area (Å²) in [5.74, 6) is 0.179. The number of carbonyl (C=O) groups is 2. The number of nitrogens with two attached hydrogens (primary N) is 1. The molecule has 2 amide bonds. The van der Waals surface area contributed by atoms with Gasteiger partial charge in [-0.25, -0.2) is 0 Å². The van der Waals surface area contributed by atoms with Gasteiger partial charge in [-0.3, -0.25) is 9.59 Å². The molecule has 7 heteroatoms. The molecule has 0 spiro atoms. The third-order valence-electron chi connectivity index (χ3n) is 3.75. The Kier molecular flexibility index (Phi) is 7.32. The van der Waals surface area contributed by atoms with E-state index in [1.54, 1.807) is 6.07 Å². The van der Waals surface area contributed by atoms with Crippen LogP contribution < -0.4 is 16.4 Å². The number of rotatable bonds is 7. The zero-order valence-electron chi connectivity index (χ0n) is 12.9. The first-order chi connectivity index (χ1) is 10.0. The highest BCUT2D eigenvalue weighted by molar-refractivity contribution is 7.12. The van der Waals surface area contributed by atoms with Crippen molar-refractivity contribution in [1.82, 2.24) is 10.6 Å². The van der Waals surface area contributed by atoms with Crippen LogP contribution in [0.4, 0.5) is 0 Å². The molecule has 2 atom stereocenters. The lowest BCUT2D eigenvalue weighted by molar-refractivity contribution is -0.124. The van der Waals surface area contributed by atoms with Gasteiger partial charge >= 0.3 is 0 Å². The minimum Gasteiger partial charge on any atom is -0.350 e. The van der Waals surface area contributed by atoms with Crippen molar-refractivity contribution in [3.8, 4) is 0 Å². The Bertz CT molecular complexity index is 489. The largest absolute Gasteiger partial charge is 0.350 e. The molecule has 1 heterocycles. The minimum atomic E-state index is -0.535. The van der Waals surface area contributed by atoms with Crippen LogP contribution in [0.25, 0.3) is 0 Å². The molecule has 0 aromatic carbocycles. The fraction of sp³-hybridized carbons (Fsp3) is 0.600. The van der Waals surface area contributed by atoms with E-state index in [0.29, 0.717) is 17.3 Å². The molecule has 124 valence electrons. The molecule has 22 heavy (non-hydrogen) atoms. The fourth-order valence-corrected chi connectivity index (χ4v) is 2.92. The third kappa shape index (κ3) is 4.97. The SMILES string of the molecule is CC(C)C(NC(=O)c1cccs1)C(=O)NC(CN)C1CC1.Cl. The summed E-state index contributed by atoms with van der Waals surface area (Å²) in [4.78, 5) is 25.2. The highest BCUT2D eigenvalue weighted by Crippen LogP contribution is 2.32. The van der Waals surface area contributed by atoms with E-state index in [1.165, 1.54) is 11.3 Å². The highest BCUT2D eigenvalue weighted by Gasteiger charge is 2.34. The molecule has 4 N–H and O–H groups in total. The molecule has 1 aromatic heterocycles. The molecule has 1 aliphatic carbocycles. The Morgan fingerprint density at radius 3 is 2.50 bits per heavy atom. The predicted molar refractivity (Wildman–Crippen MR) is 91.4 cm³/mol. The van der Waals surface area contributed by atoms with Gasteiger partial charge in [0.25, 0.3) is 5.91 Å². The van der Waals surface area contributed by atoms with Gasteiger partial charge in [0.15, 0.2) is 0 Å². The summed E-state index contributed by atoms with van der Waals surface area (Å²) >= 11 is 1.37. The molecule has 1 aliphatic rings. The maximum absolute atomic E-state index is 12.4. The highest BCUT2D eigenvalue weighted by atomic mass is 35.5. The first-order valence-electron chi connectivity index (χ1n) is 7.37. The predicted octanol–water partition coefficient (Wildman–Crippen LogP) is 1.78. The first-order valence-corrected chi connectivity index (χ1v) is 8.25. The van der Waals surface area contributed by atoms with E-state index in [9.17, 15) is 9.59 Å². The Balaban J connectivity index is 0.00000242. The number of nitrogens with one attached hydrogen (secondary N) is 2. The quantitative estimate of drug-likeness (QED) is 0.704. The van der Waals surface area contributed by atoms with Crippen molar-refractivity contribution in [2.75, 3.05) is 6.54 Å². The van der Waals surface area contributed by atoms with Gasteiger partial charge in [-0.05, 0) is 36.1 Å². The van der Waals surface area contributed by atoms with Crippen LogP contribution in [0.3, 0.4) is 0 Å². The van der Waals surface area contributed by atoms with Crippen molar-refractivity contribution in [2.24, 2.45) is 17.6 Å². The van der Waals surface area contributed by atoms with Crippen molar-refractivity contribution in [2.45, 2.75) is 38.8 Å². The topological polar surface area (TPSA) is 84.2 Å². The second-order valence-electron chi connectivity index (χ2n) is 5.86. The summed E-state index contributed by atoms with van der Waals surface area (Å²) < 4.78 is 0. The molecule has 1 aromatic rings. The fourth-order valence-electron chi connectivity index (χ4n) is 2.30. The number of halogens is 1. The van der Waals surface area contributed by atoms with Gasteiger partial charge in [0, 0.05) is 12.6 Å². The lowest BCUT2D eigenvalue weighted by atomic mass is 10.0. The van der Waals surface area contributed by atoms with Crippen LogP contribution in [0.1, 0.15) is 36.4 Å². The first kappa shape index (κ1) is 18.9. The maximum Gasteiger partial charge on any atom is 0.262 e. The molecule has 2 rings (SSSR count). The molecule has 1 fully saturated rings. The number of amides is 2. The number of hydrogen-bond donors (Lipinski definition) is 3. The molecule has 0 bridgehead atoms. The molecule has 0 aliphatic heterocycles. The standard InChI is InChI=1S/C15H23N3O2S.ClH/c1-9(2)13(18-14(19)12-4-3-7-21-12)15(20)17-11(8-16)10-5-6-10;/h3-4,7,9-11,13H,5-6,8,16H2,1-2H3,(H,17,20)(H,18,19);1H. The van der Waals surface area contributed by atoms with Crippen LogP contribution in [0.2, 0.25) is 0 Å². The molecular weight excluding hydrogens is 322 g/mol. The van der Waals surface area contributed by atoms with Gasteiger partial charge in [-0.2, -0.15) is 0 Å². The van der Waals surface area contributed by atoms with Gasteiger partial charge in [-0.15, -0.1) is 23.7 Å². The summed E-state index contributed by atoms with van der Waals surface area (Å²) in [6.07, 6.45) is 2.24.